The minimum atomic E-state index is -1.29. The molecule has 0 amide bonds. The fraction of sp³-hybridized carbons (Fsp3) is 0.487. The van der Waals surface area contributed by atoms with Gasteiger partial charge in [0, 0.05) is 60.1 Å². The van der Waals surface area contributed by atoms with E-state index >= 15 is 0 Å². The summed E-state index contributed by atoms with van der Waals surface area (Å²) in [7, 11) is 5.17. The summed E-state index contributed by atoms with van der Waals surface area (Å²) in [4.78, 5) is 32.3. The summed E-state index contributed by atoms with van der Waals surface area (Å²) in [5, 5.41) is 25.8. The maximum absolute atomic E-state index is 14.7. The van der Waals surface area contributed by atoms with Crippen LogP contribution < -0.4 is 29.0 Å². The molecule has 10 rings (SSSR count). The van der Waals surface area contributed by atoms with Gasteiger partial charge < -0.3 is 38.6 Å². The van der Waals surface area contributed by atoms with Crippen LogP contribution in [0.2, 0.25) is 0 Å². The van der Waals surface area contributed by atoms with E-state index in [-0.39, 0.29) is 54.5 Å². The van der Waals surface area contributed by atoms with E-state index in [1.807, 2.05) is 13.8 Å². The van der Waals surface area contributed by atoms with Crippen molar-refractivity contribution in [3.63, 3.8) is 0 Å². The maximum Gasteiger partial charge on any atom is 0.331 e. The third kappa shape index (κ3) is 4.81. The minimum Gasteiger partial charge on any atom is -0.504 e. The third-order valence-corrected chi connectivity index (χ3v) is 13.7. The number of fused-ring (bicyclic) bond motifs is 9. The number of carbonyl (C=O) groups excluding carboxylic acids is 2. The Balaban J connectivity index is 1.30. The molecule has 1 unspecified atom stereocenters. The van der Waals surface area contributed by atoms with Gasteiger partial charge in [0.1, 0.15) is 12.4 Å². The first-order valence-corrected chi connectivity index (χ1v) is 19.0. The summed E-state index contributed by atoms with van der Waals surface area (Å²) in [6.45, 7) is 6.33. The van der Waals surface area contributed by atoms with Gasteiger partial charge in [-0.05, 0) is 68.1 Å². The van der Waals surface area contributed by atoms with Crippen molar-refractivity contribution in [2.45, 2.75) is 68.6 Å². The Hall–Kier alpha value is -4.37. The van der Waals surface area contributed by atoms with Crippen LogP contribution in [0.1, 0.15) is 68.8 Å². The number of nitrogens with zero attached hydrogens (tertiary/aromatic N) is 2. The third-order valence-electron chi connectivity index (χ3n) is 12.2. The molecule has 1 spiro atoms. The zero-order valence-corrected chi connectivity index (χ0v) is 31.3. The number of piperazine rings is 1. The first-order chi connectivity index (χ1) is 25.5. The fourth-order valence-electron chi connectivity index (χ4n) is 9.92. The first-order valence-electron chi connectivity index (χ1n) is 17.9. The van der Waals surface area contributed by atoms with Crippen molar-refractivity contribution in [1.29, 1.82) is 0 Å². The number of nitrogens with one attached hydrogen (secondary N) is 1. The molecule has 7 aliphatic heterocycles. The summed E-state index contributed by atoms with van der Waals surface area (Å²) >= 11 is 1.58. The smallest absolute Gasteiger partial charge is 0.331 e. The Morgan fingerprint density at radius 3 is 2.57 bits per heavy atom. The zero-order valence-electron chi connectivity index (χ0n) is 30.5. The number of esters is 2. The van der Waals surface area contributed by atoms with E-state index in [4.69, 9.17) is 28.4 Å². The molecule has 2 fully saturated rings. The van der Waals surface area contributed by atoms with Gasteiger partial charge in [-0.1, -0.05) is 6.07 Å². The molecule has 53 heavy (non-hydrogen) atoms. The van der Waals surface area contributed by atoms with Crippen LogP contribution in [0, 0.1) is 13.8 Å². The second kappa shape index (κ2) is 12.3. The molecule has 13 nitrogen and oxygen atoms in total. The predicted molar refractivity (Wildman–Crippen MR) is 193 cm³/mol. The summed E-state index contributed by atoms with van der Waals surface area (Å²) in [5.41, 5.74) is 5.22. The number of carbonyl (C=O) groups is 2. The summed E-state index contributed by atoms with van der Waals surface area (Å²) < 4.78 is 36.2. The normalized spacial score (nSPS) is 28.3. The van der Waals surface area contributed by atoms with Gasteiger partial charge in [0.15, 0.2) is 40.0 Å². The van der Waals surface area contributed by atoms with E-state index in [2.05, 4.69) is 28.2 Å². The molecule has 0 saturated carbocycles. The van der Waals surface area contributed by atoms with E-state index < -0.39 is 28.8 Å². The van der Waals surface area contributed by atoms with E-state index in [0.29, 0.717) is 60.1 Å². The van der Waals surface area contributed by atoms with E-state index in [1.54, 1.807) is 31.0 Å². The Morgan fingerprint density at radius 1 is 1.02 bits per heavy atom. The van der Waals surface area contributed by atoms with E-state index in [1.165, 1.54) is 14.0 Å². The molecule has 7 aliphatic rings. The van der Waals surface area contributed by atoms with Gasteiger partial charge in [-0.3, -0.25) is 19.9 Å². The largest absolute Gasteiger partial charge is 0.504 e. The lowest BCUT2D eigenvalue weighted by Crippen LogP contribution is -2.65. The number of thioether (sulfide) groups is 1. The fourth-order valence-corrected chi connectivity index (χ4v) is 11.6. The van der Waals surface area contributed by atoms with Crippen LogP contribution in [0.5, 0.6) is 40.2 Å². The molecule has 0 aliphatic carbocycles. The van der Waals surface area contributed by atoms with Crippen molar-refractivity contribution in [2.24, 2.45) is 0 Å². The van der Waals surface area contributed by atoms with Crippen LogP contribution in [0.25, 0.3) is 0 Å². The molecular weight excluding hydrogens is 703 g/mol. The average Bonchev–Trinajstić information content (AvgIpc) is 3.61. The zero-order chi connectivity index (χ0) is 37.1. The van der Waals surface area contributed by atoms with E-state index in [9.17, 15) is 19.8 Å². The number of likely N-dealkylation sites (N-methyl/N-ethyl adjacent to an activating group) is 1. The van der Waals surface area contributed by atoms with Crippen LogP contribution in [0.3, 0.4) is 0 Å². The van der Waals surface area contributed by atoms with Crippen LogP contribution in [-0.4, -0.2) is 97.5 Å². The minimum absolute atomic E-state index is 0.00613. The quantitative estimate of drug-likeness (QED) is 0.261. The van der Waals surface area contributed by atoms with Gasteiger partial charge in [0.05, 0.1) is 31.6 Å². The topological polar surface area (TPSA) is 148 Å². The van der Waals surface area contributed by atoms with Crippen molar-refractivity contribution in [2.75, 3.05) is 53.5 Å². The molecule has 0 radical (unpaired) electrons. The lowest BCUT2D eigenvalue weighted by molar-refractivity contribution is -0.156. The molecule has 7 heterocycles. The predicted octanol–water partition coefficient (Wildman–Crippen LogP) is 4.09. The highest BCUT2D eigenvalue weighted by molar-refractivity contribution is 7.99. The molecule has 14 heteroatoms. The molecule has 6 atom stereocenters. The van der Waals surface area contributed by atoms with Crippen LogP contribution in [-0.2, 0) is 32.7 Å². The van der Waals surface area contributed by atoms with Crippen molar-refractivity contribution >= 4 is 23.7 Å². The molecular formula is C39H43N3O10S. The molecule has 0 aromatic heterocycles. The van der Waals surface area contributed by atoms with Gasteiger partial charge in [0.2, 0.25) is 6.79 Å². The van der Waals surface area contributed by atoms with Gasteiger partial charge >= 0.3 is 11.9 Å². The SMILES string of the molecule is COc1cc2c(cc1O)CCN[C@]21CS[C@@H]2c3c(OC(C)=O)c(C)c4c(c3[C@H](COC1=O)N1C[C@H]3Cc5cc(C)c(OC)c(O)c5[C@H](C21)N3C)OCO4. The highest BCUT2D eigenvalue weighted by Gasteiger charge is 2.59. The lowest BCUT2D eigenvalue weighted by atomic mass is 9.73. The number of aryl methyl sites for hydroxylation is 1. The molecule has 3 aromatic carbocycles. The number of rotatable bonds is 3. The Bertz CT molecular complexity index is 2090. The maximum atomic E-state index is 14.7. The molecule has 280 valence electrons. The first kappa shape index (κ1) is 34.4. The Labute approximate surface area is 311 Å². The summed E-state index contributed by atoms with van der Waals surface area (Å²) in [5.74, 6) is 1.66. The standard InChI is InChI=1S/C39H43N3O10S/c1-17-9-21-10-22-13-42-24-14-49-38(46)39(23-12-26(47-5)25(44)11-20(23)7-8-40-39)15-53-37(31(42)30(41(22)4)27(21)32(45)33(17)48-6)29-28(24)36-35(50-16-51-36)18(2)34(29)52-19(3)43/h9,11-12,22,24,30-31,37,40,44-45H,7-8,10,13-16H2,1-6H3/t22-,24+,30-,31?,37-,39-/m1/s1. The second-order valence-electron chi connectivity index (χ2n) is 14.9. The van der Waals surface area contributed by atoms with Crippen molar-refractivity contribution < 1.29 is 48.2 Å². The molecule has 4 bridgehead atoms. The molecule has 2 saturated heterocycles. The van der Waals surface area contributed by atoms with Crippen molar-refractivity contribution in [3.8, 4) is 40.2 Å². The molecule has 3 aromatic rings. The van der Waals surface area contributed by atoms with Crippen LogP contribution in [0.4, 0.5) is 0 Å². The number of phenols is 2. The summed E-state index contributed by atoms with van der Waals surface area (Å²) in [6.07, 6.45) is 1.31. The number of hydrogen-bond donors (Lipinski definition) is 3. The van der Waals surface area contributed by atoms with Gasteiger partial charge in [-0.15, -0.1) is 11.8 Å². The molecule has 3 N–H and O–H groups in total. The highest BCUT2D eigenvalue weighted by atomic mass is 32.2. The van der Waals surface area contributed by atoms with Crippen LogP contribution in [0.15, 0.2) is 18.2 Å². The number of phenolic OH excluding ortho intramolecular Hbond substituents is 2. The number of benzene rings is 3. The Kier molecular flexibility index (Phi) is 8.01. The average molecular weight is 746 g/mol. The second-order valence-corrected chi connectivity index (χ2v) is 16.0. The number of aromatic hydroxyl groups is 2. The Morgan fingerprint density at radius 2 is 1.81 bits per heavy atom. The van der Waals surface area contributed by atoms with Crippen LogP contribution >= 0.6 is 11.8 Å². The number of methoxy groups -OCH3 is 2. The number of hydrogen-bond acceptors (Lipinski definition) is 14. The summed E-state index contributed by atoms with van der Waals surface area (Å²) in [6, 6.07) is 4.51. The monoisotopic (exact) mass is 745 g/mol. The van der Waals surface area contributed by atoms with Gasteiger partial charge in [-0.2, -0.15) is 0 Å². The highest BCUT2D eigenvalue weighted by Crippen LogP contribution is 2.63. The van der Waals surface area contributed by atoms with Gasteiger partial charge in [0.25, 0.3) is 0 Å². The van der Waals surface area contributed by atoms with E-state index in [0.717, 1.165) is 33.4 Å². The van der Waals surface area contributed by atoms with Crippen molar-refractivity contribution in [1.82, 2.24) is 15.1 Å². The number of ether oxygens (including phenoxy) is 6. The van der Waals surface area contributed by atoms with Gasteiger partial charge in [-0.25, -0.2) is 4.79 Å². The lowest BCUT2D eigenvalue weighted by Gasteiger charge is -2.60. The van der Waals surface area contributed by atoms with Crippen molar-refractivity contribution in [3.05, 3.63) is 62.7 Å².